The number of carboxylic acids is 1. The third-order valence-electron chi connectivity index (χ3n) is 1.29. The standard InChI is InChI=1S/C8H17NO3/c1-7(2,3)12-5-8(4,9)6(10)11/h5,9H2,1-4H3,(H,10,11)/t8-/m1/s1. The summed E-state index contributed by atoms with van der Waals surface area (Å²) in [4.78, 5) is 10.5. The Morgan fingerprint density at radius 1 is 1.42 bits per heavy atom. The lowest BCUT2D eigenvalue weighted by Crippen LogP contribution is -2.50. The lowest BCUT2D eigenvalue weighted by atomic mass is 10.1. The maximum atomic E-state index is 10.5. The highest BCUT2D eigenvalue weighted by Gasteiger charge is 2.30. The Balaban J connectivity index is 4.01. The molecular formula is C8H17NO3. The van der Waals surface area contributed by atoms with Gasteiger partial charge in [-0.25, -0.2) is 0 Å². The van der Waals surface area contributed by atoms with Crippen LogP contribution in [0.25, 0.3) is 0 Å². The van der Waals surface area contributed by atoms with E-state index in [0.29, 0.717) is 0 Å². The van der Waals surface area contributed by atoms with Gasteiger partial charge in [0.15, 0.2) is 0 Å². The maximum absolute atomic E-state index is 10.5. The van der Waals surface area contributed by atoms with E-state index in [-0.39, 0.29) is 12.2 Å². The number of carbonyl (C=O) groups is 1. The van der Waals surface area contributed by atoms with Crippen molar-refractivity contribution in [1.29, 1.82) is 0 Å². The van der Waals surface area contributed by atoms with Crippen LogP contribution < -0.4 is 5.73 Å². The summed E-state index contributed by atoms with van der Waals surface area (Å²) in [6.45, 7) is 7.01. The van der Waals surface area contributed by atoms with Crippen molar-refractivity contribution in [2.45, 2.75) is 38.8 Å². The van der Waals surface area contributed by atoms with Gasteiger partial charge in [0, 0.05) is 0 Å². The molecular weight excluding hydrogens is 158 g/mol. The number of ether oxygens (including phenoxy) is 1. The number of hydrogen-bond acceptors (Lipinski definition) is 3. The normalized spacial score (nSPS) is 17.1. The summed E-state index contributed by atoms with van der Waals surface area (Å²) >= 11 is 0. The van der Waals surface area contributed by atoms with Gasteiger partial charge in [0.05, 0.1) is 12.2 Å². The molecule has 4 nitrogen and oxygen atoms in total. The van der Waals surface area contributed by atoms with E-state index in [4.69, 9.17) is 15.6 Å². The molecule has 4 heteroatoms. The van der Waals surface area contributed by atoms with Gasteiger partial charge in [-0.1, -0.05) is 0 Å². The van der Waals surface area contributed by atoms with Crippen molar-refractivity contribution in [2.24, 2.45) is 5.73 Å². The van der Waals surface area contributed by atoms with Crippen molar-refractivity contribution in [3.05, 3.63) is 0 Å². The summed E-state index contributed by atoms with van der Waals surface area (Å²) in [5.74, 6) is -1.05. The third kappa shape index (κ3) is 4.31. The zero-order valence-corrected chi connectivity index (χ0v) is 8.05. The van der Waals surface area contributed by atoms with Crippen LogP contribution in [0.5, 0.6) is 0 Å². The molecule has 1 atom stereocenters. The summed E-state index contributed by atoms with van der Waals surface area (Å²) in [5, 5.41) is 8.63. The zero-order chi connectivity index (χ0) is 9.99. The van der Waals surface area contributed by atoms with E-state index in [1.807, 2.05) is 20.8 Å². The van der Waals surface area contributed by atoms with Gasteiger partial charge in [-0.15, -0.1) is 0 Å². The Morgan fingerprint density at radius 3 is 2.08 bits per heavy atom. The first-order chi connectivity index (χ1) is 5.15. The Labute approximate surface area is 72.7 Å². The predicted molar refractivity (Wildman–Crippen MR) is 45.9 cm³/mol. The maximum Gasteiger partial charge on any atom is 0.325 e. The van der Waals surface area contributed by atoms with Gasteiger partial charge in [-0.05, 0) is 27.7 Å². The van der Waals surface area contributed by atoms with Crippen molar-refractivity contribution >= 4 is 5.97 Å². The molecule has 0 aromatic carbocycles. The Morgan fingerprint density at radius 2 is 1.83 bits per heavy atom. The lowest BCUT2D eigenvalue weighted by Gasteiger charge is -2.26. The summed E-state index contributed by atoms with van der Waals surface area (Å²) < 4.78 is 5.25. The van der Waals surface area contributed by atoms with Crippen LogP contribution in [0.3, 0.4) is 0 Å². The van der Waals surface area contributed by atoms with Crippen LogP contribution in [0.15, 0.2) is 0 Å². The number of rotatable bonds is 3. The van der Waals surface area contributed by atoms with Gasteiger partial charge in [0.1, 0.15) is 5.54 Å². The fourth-order valence-corrected chi connectivity index (χ4v) is 0.428. The summed E-state index contributed by atoms with van der Waals surface area (Å²) in [6.07, 6.45) is 0. The van der Waals surface area contributed by atoms with Gasteiger partial charge in [-0.2, -0.15) is 0 Å². The highest BCUT2D eigenvalue weighted by molar-refractivity contribution is 5.78. The fraction of sp³-hybridized carbons (Fsp3) is 0.875. The van der Waals surface area contributed by atoms with Crippen LogP contribution in [0.2, 0.25) is 0 Å². The van der Waals surface area contributed by atoms with E-state index >= 15 is 0 Å². The molecule has 0 unspecified atom stereocenters. The molecule has 3 N–H and O–H groups in total. The quantitative estimate of drug-likeness (QED) is 0.659. The molecule has 0 saturated carbocycles. The predicted octanol–water partition coefficient (Wildman–Crippen LogP) is 0.603. The van der Waals surface area contributed by atoms with Gasteiger partial charge in [-0.3, -0.25) is 4.79 Å². The second kappa shape index (κ2) is 3.41. The Hall–Kier alpha value is -0.610. The molecule has 0 bridgehead atoms. The average Bonchev–Trinajstić information content (AvgIpc) is 1.82. The van der Waals surface area contributed by atoms with Crippen molar-refractivity contribution in [3.63, 3.8) is 0 Å². The minimum atomic E-state index is -1.30. The highest BCUT2D eigenvalue weighted by atomic mass is 16.5. The zero-order valence-electron chi connectivity index (χ0n) is 8.05. The minimum absolute atomic E-state index is 0.0197. The molecule has 0 amide bonds. The van der Waals surface area contributed by atoms with E-state index in [9.17, 15) is 4.79 Å². The first-order valence-corrected chi connectivity index (χ1v) is 3.81. The van der Waals surface area contributed by atoms with Gasteiger partial charge in [0.2, 0.25) is 0 Å². The van der Waals surface area contributed by atoms with E-state index < -0.39 is 11.5 Å². The topological polar surface area (TPSA) is 72.5 Å². The van der Waals surface area contributed by atoms with Crippen molar-refractivity contribution in [3.8, 4) is 0 Å². The van der Waals surface area contributed by atoms with Gasteiger partial charge in [0.25, 0.3) is 0 Å². The molecule has 12 heavy (non-hydrogen) atoms. The van der Waals surface area contributed by atoms with Crippen LogP contribution in [0, 0.1) is 0 Å². The van der Waals surface area contributed by atoms with Gasteiger partial charge < -0.3 is 15.6 Å². The second-order valence-electron chi connectivity index (χ2n) is 4.12. The number of hydrogen-bond donors (Lipinski definition) is 2. The molecule has 0 radical (unpaired) electrons. The van der Waals surface area contributed by atoms with Crippen LogP contribution in [-0.2, 0) is 9.53 Å². The van der Waals surface area contributed by atoms with E-state index in [1.165, 1.54) is 6.92 Å². The molecule has 0 aromatic rings. The molecule has 0 saturated heterocycles. The summed E-state index contributed by atoms with van der Waals surface area (Å²) in [7, 11) is 0. The number of carboxylic acid groups (broad SMARTS) is 1. The van der Waals surface area contributed by atoms with Crippen molar-refractivity contribution in [2.75, 3.05) is 6.61 Å². The second-order valence-corrected chi connectivity index (χ2v) is 4.12. The fourth-order valence-electron chi connectivity index (χ4n) is 0.428. The third-order valence-corrected chi connectivity index (χ3v) is 1.29. The molecule has 0 heterocycles. The first-order valence-electron chi connectivity index (χ1n) is 3.81. The highest BCUT2D eigenvalue weighted by Crippen LogP contribution is 2.10. The molecule has 0 fully saturated rings. The first kappa shape index (κ1) is 11.4. The Bertz CT molecular complexity index is 170. The number of nitrogens with two attached hydrogens (primary N) is 1. The van der Waals surface area contributed by atoms with Crippen LogP contribution in [0.1, 0.15) is 27.7 Å². The van der Waals surface area contributed by atoms with Crippen molar-refractivity contribution in [1.82, 2.24) is 0 Å². The van der Waals surface area contributed by atoms with Crippen molar-refractivity contribution < 1.29 is 14.6 Å². The monoisotopic (exact) mass is 175 g/mol. The van der Waals surface area contributed by atoms with E-state index in [1.54, 1.807) is 0 Å². The van der Waals surface area contributed by atoms with Crippen LogP contribution >= 0.6 is 0 Å². The summed E-state index contributed by atoms with van der Waals surface area (Å²) in [5.41, 5.74) is 3.79. The van der Waals surface area contributed by atoms with Gasteiger partial charge >= 0.3 is 5.97 Å². The van der Waals surface area contributed by atoms with Crippen LogP contribution in [-0.4, -0.2) is 28.8 Å². The lowest BCUT2D eigenvalue weighted by molar-refractivity contribution is -0.147. The largest absolute Gasteiger partial charge is 0.480 e. The SMILES string of the molecule is CC(C)(C)OC[C@@](C)(N)C(=O)O. The molecule has 0 aliphatic heterocycles. The van der Waals surface area contributed by atoms with E-state index in [0.717, 1.165) is 0 Å². The molecule has 0 aliphatic carbocycles. The molecule has 0 aliphatic rings. The Kier molecular flexibility index (Phi) is 3.24. The molecule has 0 rings (SSSR count). The molecule has 0 spiro atoms. The smallest absolute Gasteiger partial charge is 0.325 e. The minimum Gasteiger partial charge on any atom is -0.480 e. The van der Waals surface area contributed by atoms with Crippen LogP contribution in [0.4, 0.5) is 0 Å². The number of aliphatic carboxylic acids is 1. The molecule has 0 aromatic heterocycles. The average molecular weight is 175 g/mol. The van der Waals surface area contributed by atoms with E-state index in [2.05, 4.69) is 0 Å². The molecule has 72 valence electrons. The summed E-state index contributed by atoms with van der Waals surface area (Å²) in [6, 6.07) is 0.